The Labute approximate surface area is 78.8 Å². The highest BCUT2D eigenvalue weighted by Gasteiger charge is 2.16. The van der Waals surface area contributed by atoms with Gasteiger partial charge < -0.3 is 0 Å². The van der Waals surface area contributed by atoms with Gasteiger partial charge in [0.05, 0.1) is 5.71 Å². The molecule has 0 radical (unpaired) electrons. The molecule has 0 spiro atoms. The lowest BCUT2D eigenvalue weighted by atomic mass is 9.87. The van der Waals surface area contributed by atoms with E-state index in [9.17, 15) is 0 Å². The number of hydrogen-bond acceptors (Lipinski definition) is 1. The van der Waals surface area contributed by atoms with E-state index in [4.69, 9.17) is 0 Å². The lowest BCUT2D eigenvalue weighted by Gasteiger charge is -2.19. The molecule has 0 heterocycles. The van der Waals surface area contributed by atoms with Gasteiger partial charge in [-0.1, -0.05) is 30.8 Å². The number of nitrogens with zero attached hydrogens (tertiary/aromatic N) is 1. The number of hydrogen-bond donors (Lipinski definition) is 0. The first-order valence-corrected chi connectivity index (χ1v) is 4.56. The molecule has 1 heteroatoms. The van der Waals surface area contributed by atoms with E-state index >= 15 is 0 Å². The van der Waals surface area contributed by atoms with Crippen molar-refractivity contribution < 1.29 is 0 Å². The van der Waals surface area contributed by atoms with Crippen LogP contribution in [0.5, 0.6) is 0 Å². The van der Waals surface area contributed by atoms with Crippen LogP contribution < -0.4 is 0 Å². The van der Waals surface area contributed by atoms with E-state index in [-0.39, 0.29) is 0 Å². The molecule has 1 aromatic rings. The van der Waals surface area contributed by atoms with Crippen molar-refractivity contribution in [2.24, 2.45) is 4.99 Å². The molecule has 1 aliphatic carbocycles. The third kappa shape index (κ3) is 1.31. The van der Waals surface area contributed by atoms with Gasteiger partial charge in [0.2, 0.25) is 0 Å². The largest absolute Gasteiger partial charge is 0.288 e. The van der Waals surface area contributed by atoms with Crippen LogP contribution in [0.4, 0.5) is 0 Å². The standard InChI is InChI=1S/C12H13N/c1-9-7-8-10-5-3-4-6-11(10)12(9)13-2/h3-6H,1,7-8H2,2H3. The third-order valence-corrected chi connectivity index (χ3v) is 2.53. The Morgan fingerprint density at radius 1 is 1.23 bits per heavy atom. The molecule has 0 saturated carbocycles. The van der Waals surface area contributed by atoms with Crippen LogP contribution in [-0.4, -0.2) is 12.8 Å². The highest BCUT2D eigenvalue weighted by atomic mass is 14.7. The summed E-state index contributed by atoms with van der Waals surface area (Å²) in [7, 11) is 1.84. The maximum absolute atomic E-state index is 4.29. The fraction of sp³-hybridized carbons (Fsp3) is 0.250. The molecule has 0 aliphatic heterocycles. The van der Waals surface area contributed by atoms with Crippen LogP contribution in [0.15, 0.2) is 41.4 Å². The quantitative estimate of drug-likeness (QED) is 0.569. The Morgan fingerprint density at radius 2 is 2.00 bits per heavy atom. The van der Waals surface area contributed by atoms with Crippen LogP contribution in [0.1, 0.15) is 17.5 Å². The average molecular weight is 171 g/mol. The first-order chi connectivity index (χ1) is 6.33. The summed E-state index contributed by atoms with van der Waals surface area (Å²) < 4.78 is 0. The van der Waals surface area contributed by atoms with Crippen LogP contribution in [0.3, 0.4) is 0 Å². The summed E-state index contributed by atoms with van der Waals surface area (Å²) in [5.41, 5.74) is 4.92. The SMILES string of the molecule is C=C1CCc2ccccc2C1=NC. The van der Waals surface area contributed by atoms with Crippen LogP contribution in [-0.2, 0) is 6.42 Å². The lowest BCUT2D eigenvalue weighted by molar-refractivity contribution is 0.952. The van der Waals surface area contributed by atoms with Crippen molar-refractivity contribution in [3.8, 4) is 0 Å². The highest BCUT2D eigenvalue weighted by Crippen LogP contribution is 2.24. The number of aliphatic imine (C=N–C) groups is 1. The molecular formula is C12H13N. The molecule has 0 fully saturated rings. The Morgan fingerprint density at radius 3 is 2.77 bits per heavy atom. The summed E-state index contributed by atoms with van der Waals surface area (Å²) in [6.45, 7) is 4.03. The van der Waals surface area contributed by atoms with Gasteiger partial charge in [0.1, 0.15) is 0 Å². The predicted octanol–water partition coefficient (Wildman–Crippen LogP) is 2.61. The molecule has 13 heavy (non-hydrogen) atoms. The normalized spacial score (nSPS) is 18.8. The zero-order valence-electron chi connectivity index (χ0n) is 7.88. The molecule has 0 N–H and O–H groups in total. The Kier molecular flexibility index (Phi) is 2.01. The molecule has 0 saturated heterocycles. The van der Waals surface area contributed by atoms with Crippen molar-refractivity contribution in [3.05, 3.63) is 47.5 Å². The summed E-state index contributed by atoms with van der Waals surface area (Å²) in [5, 5.41) is 0. The summed E-state index contributed by atoms with van der Waals surface area (Å²) in [6.07, 6.45) is 2.15. The molecule has 1 aromatic carbocycles. The zero-order valence-corrected chi connectivity index (χ0v) is 7.88. The van der Waals surface area contributed by atoms with Gasteiger partial charge in [-0.2, -0.15) is 0 Å². The van der Waals surface area contributed by atoms with Crippen molar-refractivity contribution in [1.29, 1.82) is 0 Å². The first kappa shape index (κ1) is 8.24. The van der Waals surface area contributed by atoms with Gasteiger partial charge in [0.15, 0.2) is 0 Å². The third-order valence-electron chi connectivity index (χ3n) is 2.53. The van der Waals surface area contributed by atoms with Crippen LogP contribution in [0.25, 0.3) is 0 Å². The molecule has 0 unspecified atom stereocenters. The Balaban J connectivity index is 2.58. The molecule has 1 aliphatic rings. The van der Waals surface area contributed by atoms with E-state index in [1.165, 1.54) is 16.7 Å². The molecule has 1 nitrogen and oxygen atoms in total. The fourth-order valence-corrected chi connectivity index (χ4v) is 1.84. The second kappa shape index (κ2) is 3.17. The van der Waals surface area contributed by atoms with Gasteiger partial charge in [0, 0.05) is 12.6 Å². The van der Waals surface area contributed by atoms with E-state index in [1.54, 1.807) is 0 Å². The van der Waals surface area contributed by atoms with Gasteiger partial charge in [-0.05, 0) is 24.0 Å². The second-order valence-corrected chi connectivity index (χ2v) is 3.33. The number of rotatable bonds is 0. The van der Waals surface area contributed by atoms with E-state index < -0.39 is 0 Å². The average Bonchev–Trinajstić information content (AvgIpc) is 2.18. The molecule has 0 atom stereocenters. The summed E-state index contributed by atoms with van der Waals surface area (Å²) in [4.78, 5) is 4.29. The topological polar surface area (TPSA) is 12.4 Å². The zero-order chi connectivity index (χ0) is 9.26. The number of aryl methyl sites for hydroxylation is 1. The van der Waals surface area contributed by atoms with Crippen molar-refractivity contribution in [3.63, 3.8) is 0 Å². The monoisotopic (exact) mass is 171 g/mol. The Bertz CT molecular complexity index is 374. The van der Waals surface area contributed by atoms with E-state index in [0.717, 1.165) is 18.6 Å². The van der Waals surface area contributed by atoms with Crippen molar-refractivity contribution in [2.45, 2.75) is 12.8 Å². The van der Waals surface area contributed by atoms with Gasteiger partial charge >= 0.3 is 0 Å². The van der Waals surface area contributed by atoms with E-state index in [0.29, 0.717) is 0 Å². The maximum atomic E-state index is 4.29. The molecule has 2 rings (SSSR count). The minimum atomic E-state index is 1.05. The van der Waals surface area contributed by atoms with Gasteiger partial charge in [0.25, 0.3) is 0 Å². The maximum Gasteiger partial charge on any atom is 0.0672 e. The van der Waals surface area contributed by atoms with Gasteiger partial charge in [-0.3, -0.25) is 4.99 Å². The molecule has 66 valence electrons. The van der Waals surface area contributed by atoms with Crippen molar-refractivity contribution >= 4 is 5.71 Å². The first-order valence-electron chi connectivity index (χ1n) is 4.56. The van der Waals surface area contributed by atoms with Crippen LogP contribution in [0, 0.1) is 0 Å². The van der Waals surface area contributed by atoms with Crippen molar-refractivity contribution in [1.82, 2.24) is 0 Å². The van der Waals surface area contributed by atoms with Gasteiger partial charge in [-0.25, -0.2) is 0 Å². The smallest absolute Gasteiger partial charge is 0.0672 e. The lowest BCUT2D eigenvalue weighted by Crippen LogP contribution is -2.14. The number of allylic oxidation sites excluding steroid dienone is 1. The minimum absolute atomic E-state index is 1.05. The van der Waals surface area contributed by atoms with Gasteiger partial charge in [-0.15, -0.1) is 0 Å². The highest BCUT2D eigenvalue weighted by molar-refractivity contribution is 6.14. The summed E-state index contributed by atoms with van der Waals surface area (Å²) in [6, 6.07) is 8.44. The predicted molar refractivity (Wildman–Crippen MR) is 56.4 cm³/mol. The number of benzene rings is 1. The molecule has 0 amide bonds. The second-order valence-electron chi connectivity index (χ2n) is 3.33. The fourth-order valence-electron chi connectivity index (χ4n) is 1.84. The molecular weight excluding hydrogens is 158 g/mol. The van der Waals surface area contributed by atoms with E-state index in [1.807, 2.05) is 7.05 Å². The van der Waals surface area contributed by atoms with E-state index in [2.05, 4.69) is 35.8 Å². The molecule has 0 aromatic heterocycles. The van der Waals surface area contributed by atoms with Crippen molar-refractivity contribution in [2.75, 3.05) is 7.05 Å². The summed E-state index contributed by atoms with van der Waals surface area (Å²) in [5.74, 6) is 0. The Hall–Kier alpha value is -1.37. The molecule has 0 bridgehead atoms. The van der Waals surface area contributed by atoms with Crippen LogP contribution in [0.2, 0.25) is 0 Å². The minimum Gasteiger partial charge on any atom is -0.288 e. The summed E-state index contributed by atoms with van der Waals surface area (Å²) >= 11 is 0. The van der Waals surface area contributed by atoms with Crippen LogP contribution >= 0.6 is 0 Å². The number of fused-ring (bicyclic) bond motifs is 1.